The van der Waals surface area contributed by atoms with E-state index in [1.165, 1.54) is 0 Å². The maximum absolute atomic E-state index is 12.8. The second kappa shape index (κ2) is 4.55. The Labute approximate surface area is 126 Å². The molecular formula is C15H20N2O3S. The Kier molecular flexibility index (Phi) is 3.15. The number of oxazole rings is 1. The van der Waals surface area contributed by atoms with E-state index in [1.807, 2.05) is 27.7 Å². The van der Waals surface area contributed by atoms with Gasteiger partial charge in [-0.2, -0.15) is 0 Å². The van der Waals surface area contributed by atoms with Crippen LogP contribution in [0.2, 0.25) is 0 Å². The summed E-state index contributed by atoms with van der Waals surface area (Å²) in [6, 6.07) is 5.21. The third-order valence-electron chi connectivity index (χ3n) is 3.81. The van der Waals surface area contributed by atoms with Gasteiger partial charge in [0.2, 0.25) is 0 Å². The smallest absolute Gasteiger partial charge is 0.288 e. The first kappa shape index (κ1) is 14.5. The first-order valence-electron chi connectivity index (χ1n) is 6.95. The zero-order valence-corrected chi connectivity index (χ0v) is 13.5. The summed E-state index contributed by atoms with van der Waals surface area (Å²) >= 11 is 0. The number of nitrogens with zero attached hydrogens (tertiary/aromatic N) is 1. The van der Waals surface area contributed by atoms with Gasteiger partial charge in [0, 0.05) is 5.69 Å². The van der Waals surface area contributed by atoms with Crippen LogP contribution in [0.1, 0.15) is 34.1 Å². The fraction of sp³-hybridized carbons (Fsp3) is 0.533. The Morgan fingerprint density at radius 1 is 1.33 bits per heavy atom. The van der Waals surface area contributed by atoms with Gasteiger partial charge in [0.1, 0.15) is 16.3 Å². The van der Waals surface area contributed by atoms with Crippen LogP contribution in [0.15, 0.2) is 27.8 Å². The molecule has 3 rings (SSSR count). The molecule has 21 heavy (non-hydrogen) atoms. The summed E-state index contributed by atoms with van der Waals surface area (Å²) in [4.78, 5) is 4.33. The van der Waals surface area contributed by atoms with Crippen LogP contribution in [0.4, 0.5) is 5.69 Å². The molecule has 1 aliphatic rings. The molecule has 6 heteroatoms. The average Bonchev–Trinajstić information content (AvgIpc) is 2.85. The van der Waals surface area contributed by atoms with Crippen molar-refractivity contribution in [3.05, 3.63) is 18.2 Å². The van der Waals surface area contributed by atoms with Gasteiger partial charge in [-0.15, -0.1) is 0 Å². The number of hydrogen-bond acceptors (Lipinski definition) is 5. The molecule has 0 aliphatic carbocycles. The normalized spacial score (nSPS) is 25.2. The van der Waals surface area contributed by atoms with Gasteiger partial charge in [-0.1, -0.05) is 0 Å². The lowest BCUT2D eigenvalue weighted by Crippen LogP contribution is -2.35. The topological polar surface area (TPSA) is 78.4 Å². The van der Waals surface area contributed by atoms with Crippen LogP contribution in [0, 0.1) is 0 Å². The van der Waals surface area contributed by atoms with Crippen molar-refractivity contribution < 1.29 is 13.4 Å². The second-order valence-corrected chi connectivity index (χ2v) is 8.18. The van der Waals surface area contributed by atoms with Crippen LogP contribution in [0.3, 0.4) is 0 Å². The minimum atomic E-state index is -1.36. The van der Waals surface area contributed by atoms with Gasteiger partial charge in [0.15, 0.2) is 5.58 Å². The fourth-order valence-corrected chi connectivity index (χ4v) is 4.70. The van der Waals surface area contributed by atoms with E-state index in [1.54, 1.807) is 18.2 Å². The van der Waals surface area contributed by atoms with Crippen molar-refractivity contribution in [1.82, 2.24) is 4.98 Å². The summed E-state index contributed by atoms with van der Waals surface area (Å²) in [6.07, 6.45) is 0.702. The van der Waals surface area contributed by atoms with E-state index in [9.17, 15) is 4.21 Å². The summed E-state index contributed by atoms with van der Waals surface area (Å²) in [7, 11) is -1.36. The molecule has 0 radical (unpaired) electrons. The Bertz CT molecular complexity index is 721. The predicted octanol–water partition coefficient (Wildman–Crippen LogP) is 2.86. The molecule has 2 N–H and O–H groups in total. The number of fused-ring (bicyclic) bond motifs is 1. The van der Waals surface area contributed by atoms with Crippen molar-refractivity contribution in [3.8, 4) is 0 Å². The largest absolute Gasteiger partial charge is 0.430 e. The molecule has 1 fully saturated rings. The van der Waals surface area contributed by atoms with E-state index in [-0.39, 0.29) is 16.1 Å². The molecule has 1 aromatic heterocycles. The minimum absolute atomic E-state index is 0.155. The highest BCUT2D eigenvalue weighted by molar-refractivity contribution is 7.85. The number of anilines is 1. The zero-order chi connectivity index (χ0) is 15.4. The molecule has 0 bridgehead atoms. The number of aromatic nitrogens is 1. The van der Waals surface area contributed by atoms with Crippen molar-refractivity contribution in [2.45, 2.75) is 55.8 Å². The van der Waals surface area contributed by atoms with E-state index < -0.39 is 16.4 Å². The Balaban J connectivity index is 1.97. The highest BCUT2D eigenvalue weighted by atomic mass is 32.2. The summed E-state index contributed by atoms with van der Waals surface area (Å²) in [5.74, 6) is 0. The number of rotatable bonds is 2. The molecule has 2 aromatic rings. The molecule has 0 saturated carbocycles. The van der Waals surface area contributed by atoms with Gasteiger partial charge in [0.25, 0.3) is 5.22 Å². The lowest BCUT2D eigenvalue weighted by Gasteiger charge is -2.26. The standard InChI is InChI=1S/C15H20N2O3S/c1-14(2)8-12(15(3,4)20-14)21(18)13-17-10-7-9(16)5-6-11(10)19-13/h5-7,12H,8,16H2,1-4H3. The number of ether oxygens (including phenoxy) is 1. The lowest BCUT2D eigenvalue weighted by molar-refractivity contribution is -0.0634. The van der Waals surface area contributed by atoms with Crippen LogP contribution in [0.25, 0.3) is 11.1 Å². The molecule has 0 amide bonds. The summed E-state index contributed by atoms with van der Waals surface area (Å²) in [5, 5.41) is 0.0906. The number of benzene rings is 1. The molecule has 1 aliphatic heterocycles. The van der Waals surface area contributed by atoms with Crippen LogP contribution in [-0.4, -0.2) is 25.6 Å². The van der Waals surface area contributed by atoms with Crippen molar-refractivity contribution in [3.63, 3.8) is 0 Å². The van der Waals surface area contributed by atoms with Crippen LogP contribution in [-0.2, 0) is 15.5 Å². The Morgan fingerprint density at radius 2 is 2.05 bits per heavy atom. The van der Waals surface area contributed by atoms with E-state index in [0.29, 0.717) is 23.2 Å². The molecule has 1 saturated heterocycles. The van der Waals surface area contributed by atoms with E-state index in [4.69, 9.17) is 14.9 Å². The van der Waals surface area contributed by atoms with Crippen LogP contribution >= 0.6 is 0 Å². The van der Waals surface area contributed by atoms with Crippen LogP contribution in [0.5, 0.6) is 0 Å². The van der Waals surface area contributed by atoms with Crippen molar-refractivity contribution in [1.29, 1.82) is 0 Å². The third kappa shape index (κ3) is 2.58. The molecule has 2 atom stereocenters. The number of nitrogens with two attached hydrogens (primary N) is 1. The maximum Gasteiger partial charge on any atom is 0.288 e. The SMILES string of the molecule is CC1(C)CC(S(=O)c2nc3cc(N)ccc3o2)C(C)(C)O1. The Hall–Kier alpha value is -1.40. The average molecular weight is 308 g/mol. The van der Waals surface area contributed by atoms with E-state index in [0.717, 1.165) is 0 Å². The lowest BCUT2D eigenvalue weighted by atomic mass is 10.0. The molecular weight excluding hydrogens is 288 g/mol. The second-order valence-electron chi connectivity index (χ2n) is 6.66. The van der Waals surface area contributed by atoms with Gasteiger partial charge in [-0.25, -0.2) is 9.19 Å². The maximum atomic E-state index is 12.8. The summed E-state index contributed by atoms with van der Waals surface area (Å²) in [5.41, 5.74) is 6.81. The summed E-state index contributed by atoms with van der Waals surface area (Å²) in [6.45, 7) is 7.95. The zero-order valence-electron chi connectivity index (χ0n) is 12.7. The van der Waals surface area contributed by atoms with Gasteiger partial charge < -0.3 is 14.9 Å². The third-order valence-corrected chi connectivity index (χ3v) is 5.58. The molecule has 2 heterocycles. The monoisotopic (exact) mass is 308 g/mol. The Morgan fingerprint density at radius 3 is 2.67 bits per heavy atom. The van der Waals surface area contributed by atoms with Crippen molar-refractivity contribution in [2.24, 2.45) is 0 Å². The highest BCUT2D eigenvalue weighted by Gasteiger charge is 2.50. The molecule has 0 spiro atoms. The van der Waals surface area contributed by atoms with E-state index >= 15 is 0 Å². The van der Waals surface area contributed by atoms with Crippen molar-refractivity contribution >= 4 is 27.6 Å². The van der Waals surface area contributed by atoms with Gasteiger partial charge in [-0.3, -0.25) is 0 Å². The molecule has 5 nitrogen and oxygen atoms in total. The first-order valence-corrected chi connectivity index (χ1v) is 8.16. The van der Waals surface area contributed by atoms with Gasteiger partial charge in [-0.05, 0) is 52.3 Å². The van der Waals surface area contributed by atoms with Gasteiger partial charge in [0.05, 0.1) is 16.5 Å². The van der Waals surface area contributed by atoms with Gasteiger partial charge >= 0.3 is 0 Å². The minimum Gasteiger partial charge on any atom is -0.430 e. The molecule has 114 valence electrons. The summed E-state index contributed by atoms with van der Waals surface area (Å²) < 4.78 is 24.5. The number of nitrogen functional groups attached to an aromatic ring is 1. The number of hydrogen-bond donors (Lipinski definition) is 1. The fourth-order valence-electron chi connectivity index (χ4n) is 2.98. The van der Waals surface area contributed by atoms with Crippen LogP contribution < -0.4 is 5.73 Å². The van der Waals surface area contributed by atoms with E-state index in [2.05, 4.69) is 4.98 Å². The van der Waals surface area contributed by atoms with Crippen molar-refractivity contribution in [2.75, 3.05) is 5.73 Å². The molecule has 1 aromatic carbocycles. The predicted molar refractivity (Wildman–Crippen MR) is 82.5 cm³/mol. The highest BCUT2D eigenvalue weighted by Crippen LogP contribution is 2.41. The quantitative estimate of drug-likeness (QED) is 0.863. The first-order chi connectivity index (χ1) is 9.68. The molecule has 2 unspecified atom stereocenters.